The quantitative estimate of drug-likeness (QED) is 0.796. The molecule has 5 nitrogen and oxygen atoms in total. The number of fused-ring (bicyclic) bond motifs is 1. The molecular weight excluding hydrogens is 335 g/mol. The number of thiophene rings is 1. The van der Waals surface area contributed by atoms with Gasteiger partial charge >= 0.3 is 0 Å². The number of hydrogen-bond donors (Lipinski definition) is 3. The minimum atomic E-state index is -0.690. The number of nitrogens with two attached hydrogens (primary N) is 1. The van der Waals surface area contributed by atoms with Crippen molar-refractivity contribution >= 4 is 61.4 Å². The number of rotatable bonds is 3. The Morgan fingerprint density at radius 2 is 2.05 bits per heavy atom. The summed E-state index contributed by atoms with van der Waals surface area (Å²) in [5, 5.41) is 13.3. The zero-order chi connectivity index (χ0) is 15.3. The molecule has 2 aromatic rings. The Hall–Kier alpha value is -1.50. The lowest BCUT2D eigenvalue weighted by atomic mass is 10.1. The van der Waals surface area contributed by atoms with Crippen LogP contribution in [-0.4, -0.2) is 16.9 Å². The van der Waals surface area contributed by atoms with E-state index in [0.717, 1.165) is 24.2 Å². The summed E-state index contributed by atoms with van der Waals surface area (Å²) in [6.45, 7) is 0. The highest BCUT2D eigenvalue weighted by atomic mass is 35.5. The second-order valence-electron chi connectivity index (χ2n) is 4.83. The maximum absolute atomic E-state index is 11.9. The number of amides is 2. The highest BCUT2D eigenvalue weighted by Crippen LogP contribution is 2.46. The van der Waals surface area contributed by atoms with E-state index in [1.807, 2.05) is 0 Å². The van der Waals surface area contributed by atoms with Gasteiger partial charge in [-0.2, -0.15) is 0 Å². The van der Waals surface area contributed by atoms with Crippen molar-refractivity contribution in [1.82, 2.24) is 0 Å². The fourth-order valence-corrected chi connectivity index (χ4v) is 3.74. The molecule has 1 heterocycles. The van der Waals surface area contributed by atoms with Gasteiger partial charge in [-0.15, -0.1) is 11.3 Å². The number of aromatic hydroxyl groups is 1. The standard InChI is InChI=1S/C13H10Cl2N2O3S/c14-6-3-5-7(11(16)19)13(17-12(20)4-1-2-4)21-10(5)8(15)9(6)18/h3-4,18H,1-2H2,(H2,16,19)(H,17,20). The smallest absolute Gasteiger partial charge is 0.252 e. The first-order valence-corrected chi connectivity index (χ1v) is 7.71. The Balaban J connectivity index is 2.19. The molecule has 0 aliphatic heterocycles. The van der Waals surface area contributed by atoms with E-state index >= 15 is 0 Å². The van der Waals surface area contributed by atoms with Crippen molar-refractivity contribution in [3.63, 3.8) is 0 Å². The molecule has 1 aliphatic rings. The minimum Gasteiger partial charge on any atom is -0.505 e. The molecule has 1 fully saturated rings. The van der Waals surface area contributed by atoms with Gasteiger partial charge in [0, 0.05) is 11.3 Å². The Morgan fingerprint density at radius 3 is 2.62 bits per heavy atom. The van der Waals surface area contributed by atoms with Crippen molar-refractivity contribution in [3.8, 4) is 5.75 Å². The van der Waals surface area contributed by atoms with Crippen LogP contribution in [0.25, 0.3) is 10.1 Å². The van der Waals surface area contributed by atoms with Crippen LogP contribution in [-0.2, 0) is 4.79 Å². The Bertz CT molecular complexity index is 784. The molecule has 0 bridgehead atoms. The summed E-state index contributed by atoms with van der Waals surface area (Å²) in [6, 6.07) is 1.42. The lowest BCUT2D eigenvalue weighted by Crippen LogP contribution is -2.17. The fourth-order valence-electron chi connectivity index (χ4n) is 2.04. The van der Waals surface area contributed by atoms with Crippen LogP contribution in [0.1, 0.15) is 23.2 Å². The first-order chi connectivity index (χ1) is 9.90. The Morgan fingerprint density at radius 1 is 1.38 bits per heavy atom. The lowest BCUT2D eigenvalue weighted by Gasteiger charge is -2.03. The van der Waals surface area contributed by atoms with Gasteiger partial charge in [0.1, 0.15) is 10.0 Å². The van der Waals surface area contributed by atoms with Crippen LogP contribution >= 0.6 is 34.5 Å². The molecule has 3 rings (SSSR count). The highest BCUT2D eigenvalue weighted by Gasteiger charge is 2.31. The van der Waals surface area contributed by atoms with Crippen LogP contribution in [0, 0.1) is 5.92 Å². The second-order valence-corrected chi connectivity index (χ2v) is 6.64. The van der Waals surface area contributed by atoms with Gasteiger partial charge in [0.15, 0.2) is 5.75 Å². The molecule has 1 saturated carbocycles. The molecule has 0 unspecified atom stereocenters. The molecule has 0 saturated heterocycles. The lowest BCUT2D eigenvalue weighted by molar-refractivity contribution is -0.117. The van der Waals surface area contributed by atoms with Gasteiger partial charge in [0.05, 0.1) is 15.3 Å². The monoisotopic (exact) mass is 344 g/mol. The minimum absolute atomic E-state index is 0.0107. The molecule has 1 aliphatic carbocycles. The number of phenols is 1. The van der Waals surface area contributed by atoms with E-state index in [0.29, 0.717) is 15.1 Å². The second kappa shape index (κ2) is 5.05. The summed E-state index contributed by atoms with van der Waals surface area (Å²) in [6.07, 6.45) is 1.69. The average molecular weight is 345 g/mol. The number of anilines is 1. The molecule has 1 aromatic heterocycles. The summed E-state index contributed by atoms with van der Waals surface area (Å²) in [5.41, 5.74) is 5.56. The van der Waals surface area contributed by atoms with Crippen LogP contribution in [0.4, 0.5) is 5.00 Å². The van der Waals surface area contributed by atoms with Crippen molar-refractivity contribution in [2.24, 2.45) is 11.7 Å². The van der Waals surface area contributed by atoms with Crippen LogP contribution in [0.5, 0.6) is 5.75 Å². The first-order valence-electron chi connectivity index (χ1n) is 6.14. The summed E-state index contributed by atoms with van der Waals surface area (Å²) in [4.78, 5) is 23.6. The molecule has 110 valence electrons. The number of nitrogens with one attached hydrogen (secondary N) is 1. The molecule has 21 heavy (non-hydrogen) atoms. The predicted octanol–water partition coefficient (Wildman–Crippen LogP) is 3.36. The van der Waals surface area contributed by atoms with E-state index in [4.69, 9.17) is 28.9 Å². The SMILES string of the molecule is NC(=O)c1c(NC(=O)C2CC2)sc2c(Cl)c(O)c(Cl)cc12. The Labute approximate surface area is 133 Å². The largest absolute Gasteiger partial charge is 0.505 e. The zero-order valence-electron chi connectivity index (χ0n) is 10.6. The third-order valence-electron chi connectivity index (χ3n) is 3.28. The number of primary amides is 1. The number of hydrogen-bond acceptors (Lipinski definition) is 4. The van der Waals surface area contributed by atoms with Gasteiger partial charge < -0.3 is 16.2 Å². The molecule has 4 N–H and O–H groups in total. The van der Waals surface area contributed by atoms with E-state index in [2.05, 4.69) is 5.32 Å². The normalized spacial score (nSPS) is 14.4. The molecule has 8 heteroatoms. The maximum Gasteiger partial charge on any atom is 0.252 e. The number of carbonyl (C=O) groups is 2. The van der Waals surface area contributed by atoms with Gasteiger partial charge in [-0.05, 0) is 18.9 Å². The molecule has 0 spiro atoms. The third kappa shape index (κ3) is 2.43. The van der Waals surface area contributed by atoms with Gasteiger partial charge in [0.25, 0.3) is 5.91 Å². The summed E-state index contributed by atoms with van der Waals surface area (Å²) in [5.74, 6) is -1.10. The van der Waals surface area contributed by atoms with Crippen molar-refractivity contribution in [3.05, 3.63) is 21.7 Å². The van der Waals surface area contributed by atoms with Crippen LogP contribution in [0.2, 0.25) is 10.0 Å². The van der Waals surface area contributed by atoms with Crippen molar-refractivity contribution in [2.45, 2.75) is 12.8 Å². The molecule has 0 radical (unpaired) electrons. The zero-order valence-corrected chi connectivity index (χ0v) is 12.9. The summed E-state index contributed by atoms with van der Waals surface area (Å²) in [7, 11) is 0. The van der Waals surface area contributed by atoms with Crippen LogP contribution in [0.3, 0.4) is 0 Å². The molecule has 0 atom stereocenters. The molecule has 1 aromatic carbocycles. The fraction of sp³-hybridized carbons (Fsp3) is 0.231. The molecule has 2 amide bonds. The van der Waals surface area contributed by atoms with E-state index < -0.39 is 5.91 Å². The van der Waals surface area contributed by atoms with Gasteiger partial charge in [-0.3, -0.25) is 9.59 Å². The average Bonchev–Trinajstić information content (AvgIpc) is 3.19. The number of halogens is 2. The third-order valence-corrected chi connectivity index (χ3v) is 5.19. The highest BCUT2D eigenvalue weighted by molar-refractivity contribution is 7.24. The van der Waals surface area contributed by atoms with Gasteiger partial charge in [0.2, 0.25) is 5.91 Å². The summed E-state index contributed by atoms with van der Waals surface area (Å²) >= 11 is 13.0. The Kier molecular flexibility index (Phi) is 3.47. The van der Waals surface area contributed by atoms with E-state index in [1.54, 1.807) is 0 Å². The van der Waals surface area contributed by atoms with E-state index in [-0.39, 0.29) is 33.2 Å². The maximum atomic E-state index is 11.9. The van der Waals surface area contributed by atoms with Crippen molar-refractivity contribution < 1.29 is 14.7 Å². The molecular formula is C13H10Cl2N2O3S. The van der Waals surface area contributed by atoms with E-state index in [1.165, 1.54) is 6.07 Å². The number of phenolic OH excluding ortho intramolecular Hbond substituents is 1. The number of carbonyl (C=O) groups excluding carboxylic acids is 2. The summed E-state index contributed by atoms with van der Waals surface area (Å²) < 4.78 is 0.457. The van der Waals surface area contributed by atoms with Crippen molar-refractivity contribution in [1.29, 1.82) is 0 Å². The number of benzene rings is 1. The van der Waals surface area contributed by atoms with Crippen molar-refractivity contribution in [2.75, 3.05) is 5.32 Å². The van der Waals surface area contributed by atoms with Gasteiger partial charge in [-0.25, -0.2) is 0 Å². The first kappa shape index (κ1) is 14.4. The predicted molar refractivity (Wildman–Crippen MR) is 83.4 cm³/mol. The van der Waals surface area contributed by atoms with Crippen LogP contribution < -0.4 is 11.1 Å². The van der Waals surface area contributed by atoms with Crippen LogP contribution in [0.15, 0.2) is 6.07 Å². The topological polar surface area (TPSA) is 92.4 Å². The van der Waals surface area contributed by atoms with E-state index in [9.17, 15) is 14.7 Å². The van der Waals surface area contributed by atoms with Gasteiger partial charge in [-0.1, -0.05) is 23.2 Å².